The molecule has 7 atom stereocenters. The average molecular weight is 720 g/mol. The van der Waals surface area contributed by atoms with Crippen molar-refractivity contribution in [2.45, 2.75) is 140 Å². The van der Waals surface area contributed by atoms with Crippen molar-refractivity contribution < 1.29 is 43.5 Å². The van der Waals surface area contributed by atoms with Gasteiger partial charge in [-0.2, -0.15) is 0 Å². The molecule has 0 radical (unpaired) electrons. The molecule has 2 aliphatic heterocycles. The lowest BCUT2D eigenvalue weighted by Crippen LogP contribution is -2.37. The Morgan fingerprint density at radius 3 is 1.96 bits per heavy atom. The van der Waals surface area contributed by atoms with Crippen LogP contribution in [0, 0.1) is 0 Å². The van der Waals surface area contributed by atoms with Gasteiger partial charge >= 0.3 is 13.3 Å². The number of aromatic nitrogens is 2. The molecule has 2 saturated heterocycles. The summed E-state index contributed by atoms with van der Waals surface area (Å²) in [5, 5.41) is 40.9. The van der Waals surface area contributed by atoms with Crippen LogP contribution in [-0.2, 0) is 23.1 Å². The number of aromatic amines is 1. The number of likely N-dealkylation sites (tertiary alicyclic amines) is 1. The summed E-state index contributed by atoms with van der Waals surface area (Å²) in [6, 6.07) is 1.09. The molecular weight excluding hydrogens is 657 g/mol. The maximum atomic E-state index is 13.8. The fourth-order valence-electron chi connectivity index (χ4n) is 6.24. The molecule has 0 spiro atoms. The molecule has 3 heterocycles. The van der Waals surface area contributed by atoms with E-state index in [0.717, 1.165) is 29.7 Å². The van der Waals surface area contributed by atoms with E-state index in [-0.39, 0.29) is 32.4 Å². The summed E-state index contributed by atoms with van der Waals surface area (Å²) in [5.74, 6) is 0. The molecule has 0 aromatic carbocycles. The van der Waals surface area contributed by atoms with Gasteiger partial charge in [0.1, 0.15) is 18.3 Å². The number of H-pyrrole nitrogens is 1. The van der Waals surface area contributed by atoms with Gasteiger partial charge in [-0.05, 0) is 12.8 Å². The highest BCUT2D eigenvalue weighted by molar-refractivity contribution is 7.53. The lowest BCUT2D eigenvalue weighted by atomic mass is 10.0. The second-order valence-corrected chi connectivity index (χ2v) is 15.7. The van der Waals surface area contributed by atoms with Gasteiger partial charge in [-0.15, -0.1) is 0 Å². The lowest BCUT2D eigenvalue weighted by molar-refractivity contribution is -0.0532. The zero-order chi connectivity index (χ0) is 35.5. The van der Waals surface area contributed by atoms with E-state index in [0.29, 0.717) is 19.6 Å². The molecule has 2 aliphatic rings. The van der Waals surface area contributed by atoms with E-state index in [1.807, 2.05) is 0 Å². The molecule has 0 amide bonds. The van der Waals surface area contributed by atoms with Crippen LogP contribution in [0.1, 0.15) is 109 Å². The Hall–Kier alpha value is -1.45. The molecule has 1 aromatic rings. The van der Waals surface area contributed by atoms with Gasteiger partial charge in [0.25, 0.3) is 5.56 Å². The maximum absolute atomic E-state index is 13.8. The van der Waals surface area contributed by atoms with Crippen molar-refractivity contribution in [3.05, 3.63) is 33.1 Å². The van der Waals surface area contributed by atoms with Crippen LogP contribution < -0.4 is 11.2 Å². The summed E-state index contributed by atoms with van der Waals surface area (Å²) >= 11 is 0. The number of ether oxygens (including phenoxy) is 2. The minimum Gasteiger partial charge on any atom is -0.389 e. The number of hydrogen-bond acceptors (Lipinski definition) is 12. The van der Waals surface area contributed by atoms with Crippen LogP contribution in [-0.4, -0.2) is 118 Å². The second kappa shape index (κ2) is 23.2. The summed E-state index contributed by atoms with van der Waals surface area (Å²) in [4.78, 5) is 27.5. The first-order valence-electron chi connectivity index (χ1n) is 18.5. The first-order valence-corrected chi connectivity index (χ1v) is 20.2. The quantitative estimate of drug-likeness (QED) is 0.0659. The highest BCUT2D eigenvalue weighted by atomic mass is 31.2. The molecule has 2 fully saturated rings. The first kappa shape index (κ1) is 42.0. The van der Waals surface area contributed by atoms with Gasteiger partial charge in [-0.3, -0.25) is 23.8 Å². The van der Waals surface area contributed by atoms with E-state index in [1.54, 1.807) is 4.90 Å². The van der Waals surface area contributed by atoms with E-state index in [4.69, 9.17) is 18.5 Å². The zero-order valence-corrected chi connectivity index (χ0v) is 30.3. The molecule has 49 heavy (non-hydrogen) atoms. The van der Waals surface area contributed by atoms with Crippen molar-refractivity contribution in [1.29, 1.82) is 0 Å². The number of rotatable bonds is 27. The summed E-state index contributed by atoms with van der Waals surface area (Å²) in [6.45, 7) is 3.73. The van der Waals surface area contributed by atoms with Gasteiger partial charge < -0.3 is 38.9 Å². The van der Waals surface area contributed by atoms with E-state index < -0.39 is 62.2 Å². The Balaban J connectivity index is 1.32. The number of aliphatic hydroxyl groups is 4. The Morgan fingerprint density at radius 2 is 1.37 bits per heavy atom. The summed E-state index contributed by atoms with van der Waals surface area (Å²) in [6.07, 6.45) is 12.6. The van der Waals surface area contributed by atoms with Gasteiger partial charge in [0.2, 0.25) is 0 Å². The molecule has 0 bridgehead atoms. The third-order valence-corrected chi connectivity index (χ3v) is 11.2. The third kappa shape index (κ3) is 15.4. The Labute approximate surface area is 290 Å². The standard InChI is InChI=1S/C34H62N3O11P/c1-2-3-4-5-6-7-8-9-10-11-12-13-14-15-20-45-21-16-22-46-49(44,23-19-36-24-27(38)28(39)25-36)47-26-29-31(41)32(42)33(48-29)37-18-17-30(40)35-34(37)43/h17-18,27-29,31-33,38-39,41-42H,2-16,19-26H2,1H3,(H,35,40,43)/t27-,28-,29+,31+,32+,33+,49?/m0/s1. The molecule has 284 valence electrons. The molecule has 3 rings (SSSR count). The lowest BCUT2D eigenvalue weighted by Gasteiger charge is -2.24. The van der Waals surface area contributed by atoms with E-state index in [2.05, 4.69) is 11.9 Å². The maximum Gasteiger partial charge on any atom is 0.332 e. The highest BCUT2D eigenvalue weighted by Gasteiger charge is 2.45. The molecule has 0 aliphatic carbocycles. The number of nitrogens with zero attached hydrogens (tertiary/aromatic N) is 2. The number of β-amino-alcohol motifs (C(OH)–C–C–N with tert-alkyl or cyclic N) is 2. The van der Waals surface area contributed by atoms with Crippen LogP contribution in [0.4, 0.5) is 0 Å². The van der Waals surface area contributed by atoms with Gasteiger partial charge in [0.05, 0.1) is 31.6 Å². The molecule has 1 aromatic heterocycles. The summed E-state index contributed by atoms with van der Waals surface area (Å²) < 4.78 is 37.6. The number of hydrogen-bond donors (Lipinski definition) is 5. The molecule has 5 N–H and O–H groups in total. The highest BCUT2D eigenvalue weighted by Crippen LogP contribution is 2.49. The fourth-order valence-corrected chi connectivity index (χ4v) is 7.88. The van der Waals surface area contributed by atoms with Crippen molar-refractivity contribution >= 4 is 7.60 Å². The Bertz CT molecular complexity index is 1190. The molecule has 1 unspecified atom stereocenters. The van der Waals surface area contributed by atoms with E-state index in [9.17, 15) is 34.6 Å². The number of nitrogens with one attached hydrogen (secondary N) is 1. The molecule has 14 nitrogen and oxygen atoms in total. The van der Waals surface area contributed by atoms with Crippen LogP contribution in [0.5, 0.6) is 0 Å². The largest absolute Gasteiger partial charge is 0.389 e. The number of unbranched alkanes of at least 4 members (excludes halogenated alkanes) is 13. The van der Waals surface area contributed by atoms with Crippen LogP contribution in [0.25, 0.3) is 0 Å². The number of aliphatic hydroxyl groups excluding tert-OH is 4. The normalized spacial score (nSPS) is 25.7. The fraction of sp³-hybridized carbons (Fsp3) is 0.882. The van der Waals surface area contributed by atoms with E-state index in [1.165, 1.54) is 77.0 Å². The Kier molecular flexibility index (Phi) is 19.9. The predicted molar refractivity (Wildman–Crippen MR) is 186 cm³/mol. The molecular formula is C34H62N3O11P. The smallest absolute Gasteiger partial charge is 0.332 e. The monoisotopic (exact) mass is 719 g/mol. The van der Waals surface area contributed by atoms with Crippen LogP contribution in [0.3, 0.4) is 0 Å². The van der Waals surface area contributed by atoms with Crippen molar-refractivity contribution in [3.63, 3.8) is 0 Å². The topological polar surface area (TPSA) is 193 Å². The summed E-state index contributed by atoms with van der Waals surface area (Å²) in [7, 11) is -3.76. The Morgan fingerprint density at radius 1 is 0.796 bits per heavy atom. The third-order valence-electron chi connectivity index (χ3n) is 9.29. The van der Waals surface area contributed by atoms with Crippen molar-refractivity contribution in [2.24, 2.45) is 0 Å². The van der Waals surface area contributed by atoms with Gasteiger partial charge in [0.15, 0.2) is 6.23 Å². The first-order chi connectivity index (χ1) is 23.6. The zero-order valence-electron chi connectivity index (χ0n) is 29.4. The minimum atomic E-state index is -3.76. The van der Waals surface area contributed by atoms with Crippen LogP contribution in [0.15, 0.2) is 21.9 Å². The van der Waals surface area contributed by atoms with Crippen molar-refractivity contribution in [2.75, 3.05) is 52.2 Å². The van der Waals surface area contributed by atoms with Gasteiger partial charge in [-0.25, -0.2) is 4.79 Å². The van der Waals surface area contributed by atoms with Gasteiger partial charge in [0, 0.05) is 45.1 Å². The average Bonchev–Trinajstić information content (AvgIpc) is 3.55. The van der Waals surface area contributed by atoms with Crippen LogP contribution in [0.2, 0.25) is 0 Å². The van der Waals surface area contributed by atoms with Crippen molar-refractivity contribution in [1.82, 2.24) is 14.5 Å². The second-order valence-electron chi connectivity index (χ2n) is 13.5. The minimum absolute atomic E-state index is 0.0411. The van der Waals surface area contributed by atoms with Gasteiger partial charge in [-0.1, -0.05) is 90.4 Å². The predicted octanol–water partition coefficient (Wildman–Crippen LogP) is 3.31. The van der Waals surface area contributed by atoms with Crippen LogP contribution >= 0.6 is 7.60 Å². The molecule has 0 saturated carbocycles. The SMILES string of the molecule is CCCCCCCCCCCCCCCCOCCCOP(=O)(CCN1C[C@H](O)[C@@H](O)C1)OC[C@H]1O[C@@H](n2ccc(=O)[nH]c2=O)[C@H](O)[C@@H]1O. The molecule has 15 heteroatoms. The van der Waals surface area contributed by atoms with Crippen molar-refractivity contribution in [3.8, 4) is 0 Å². The summed E-state index contributed by atoms with van der Waals surface area (Å²) in [5.41, 5.74) is -1.44. The van der Waals surface area contributed by atoms with E-state index >= 15 is 0 Å².